The van der Waals surface area contributed by atoms with Crippen LogP contribution in [0.5, 0.6) is 17.2 Å². The summed E-state index contributed by atoms with van der Waals surface area (Å²) in [6.07, 6.45) is 5.22. The third-order valence-electron chi connectivity index (χ3n) is 5.05. The molecule has 1 saturated carbocycles. The third kappa shape index (κ3) is 3.95. The van der Waals surface area contributed by atoms with Gasteiger partial charge in [0, 0.05) is 17.6 Å². The molecule has 1 unspecified atom stereocenters. The average Bonchev–Trinajstić information content (AvgIpc) is 2.67. The second kappa shape index (κ2) is 7.77. The lowest BCUT2D eigenvalue weighted by Gasteiger charge is -2.23. The van der Waals surface area contributed by atoms with Crippen LogP contribution >= 0.6 is 0 Å². The van der Waals surface area contributed by atoms with Crippen molar-refractivity contribution in [3.05, 3.63) is 54.7 Å². The smallest absolute Gasteiger partial charge is 0.138 e. The van der Waals surface area contributed by atoms with E-state index < -0.39 is 9.92 Å². The van der Waals surface area contributed by atoms with Crippen LogP contribution in [-0.2, 0) is 9.92 Å². The number of rotatable bonds is 6. The van der Waals surface area contributed by atoms with E-state index in [1.807, 2.05) is 24.3 Å². The van der Waals surface area contributed by atoms with Gasteiger partial charge in [0.25, 0.3) is 0 Å². The molecule has 7 heteroatoms. The van der Waals surface area contributed by atoms with E-state index in [0.29, 0.717) is 28.9 Å². The first-order valence-corrected chi connectivity index (χ1v) is 10.8. The highest BCUT2D eigenvalue weighted by Gasteiger charge is 2.18. The van der Waals surface area contributed by atoms with Crippen LogP contribution in [-0.4, -0.2) is 22.8 Å². The van der Waals surface area contributed by atoms with E-state index in [9.17, 15) is 4.21 Å². The van der Waals surface area contributed by atoms with Gasteiger partial charge in [-0.25, -0.2) is 13.7 Å². The minimum absolute atomic E-state index is 0.517. The highest BCUT2D eigenvalue weighted by Crippen LogP contribution is 2.31. The number of methoxy groups -OCH3 is 1. The van der Waals surface area contributed by atoms with Gasteiger partial charge in [0.1, 0.15) is 27.2 Å². The molecule has 6 nitrogen and oxygen atoms in total. The second-order valence-corrected chi connectivity index (χ2v) is 8.81. The molecule has 0 aliphatic heterocycles. The number of aromatic nitrogens is 1. The first-order valence-electron chi connectivity index (χ1n) is 9.26. The summed E-state index contributed by atoms with van der Waals surface area (Å²) in [6, 6.07) is 14.4. The molecule has 1 atom stereocenters. The van der Waals surface area contributed by atoms with Crippen LogP contribution in [0.1, 0.15) is 19.3 Å². The monoisotopic (exact) mass is 397 g/mol. The maximum Gasteiger partial charge on any atom is 0.138 e. The zero-order valence-corrected chi connectivity index (χ0v) is 16.5. The Bertz CT molecular complexity index is 1100. The Hall–Kier alpha value is -2.64. The van der Waals surface area contributed by atoms with Crippen molar-refractivity contribution in [2.24, 2.45) is 15.4 Å². The average molecular weight is 398 g/mol. The molecule has 3 aromatic rings. The summed E-state index contributed by atoms with van der Waals surface area (Å²) in [5.41, 5.74) is 0.785. The normalized spacial score (nSPS) is 16.2. The quantitative estimate of drug-likeness (QED) is 0.662. The Morgan fingerprint density at radius 3 is 2.57 bits per heavy atom. The number of hydrogen-bond acceptors (Lipinski definition) is 5. The minimum Gasteiger partial charge on any atom is -0.497 e. The van der Waals surface area contributed by atoms with E-state index in [1.54, 1.807) is 37.6 Å². The van der Waals surface area contributed by atoms with E-state index >= 15 is 0 Å². The predicted molar refractivity (Wildman–Crippen MR) is 110 cm³/mol. The minimum atomic E-state index is -2.87. The first-order chi connectivity index (χ1) is 13.5. The maximum absolute atomic E-state index is 12.7. The molecule has 28 heavy (non-hydrogen) atoms. The molecule has 0 spiro atoms. The van der Waals surface area contributed by atoms with E-state index in [2.05, 4.69) is 9.35 Å². The molecular formula is C21H23N3O3S. The Balaban J connectivity index is 1.55. The molecule has 1 aliphatic rings. The van der Waals surface area contributed by atoms with Crippen LogP contribution in [0, 0.1) is 5.92 Å². The van der Waals surface area contributed by atoms with Crippen LogP contribution < -0.4 is 14.6 Å². The van der Waals surface area contributed by atoms with Gasteiger partial charge >= 0.3 is 0 Å². The van der Waals surface area contributed by atoms with Crippen molar-refractivity contribution in [2.75, 3.05) is 13.7 Å². The van der Waals surface area contributed by atoms with Crippen molar-refractivity contribution >= 4 is 20.8 Å². The summed E-state index contributed by atoms with van der Waals surface area (Å²) >= 11 is 0. The molecule has 146 valence electrons. The van der Waals surface area contributed by atoms with Crippen molar-refractivity contribution < 1.29 is 13.7 Å². The summed E-state index contributed by atoms with van der Waals surface area (Å²) in [7, 11) is -1.25. The van der Waals surface area contributed by atoms with Crippen molar-refractivity contribution in [2.45, 2.75) is 24.2 Å². The van der Waals surface area contributed by atoms with Gasteiger partial charge in [-0.15, -0.1) is 0 Å². The molecule has 0 bridgehead atoms. The van der Waals surface area contributed by atoms with Gasteiger partial charge in [-0.2, -0.15) is 0 Å². The fourth-order valence-electron chi connectivity index (χ4n) is 3.11. The highest BCUT2D eigenvalue weighted by molar-refractivity contribution is 7.91. The molecule has 1 heterocycles. The number of pyridine rings is 1. The van der Waals surface area contributed by atoms with E-state index in [1.165, 1.54) is 6.42 Å². The predicted octanol–water partition coefficient (Wildman–Crippen LogP) is 4.54. The fraction of sp³-hybridized carbons (Fsp3) is 0.286. The zero-order valence-electron chi connectivity index (χ0n) is 15.7. The number of nitrogens with zero attached hydrogens (tertiary/aromatic N) is 2. The number of hydrogen-bond donors (Lipinski definition) is 1. The van der Waals surface area contributed by atoms with Gasteiger partial charge in [0.15, 0.2) is 0 Å². The summed E-state index contributed by atoms with van der Waals surface area (Å²) < 4.78 is 28.2. The number of ether oxygens (including phenoxy) is 2. The number of fused-ring (bicyclic) bond motifs is 1. The Morgan fingerprint density at radius 2 is 1.89 bits per heavy atom. The standard InChI is InChI=1S/C21H23N3O3S/c1-26-17-7-10-19-20(13-17)23-12-11-21(19)27-16-5-8-18(9-6-16)28(22,25)24-14-15-3-2-4-15/h5-13,15H,2-4,14H2,1H3,(H2,22,24,25). The molecule has 1 aromatic heterocycles. The lowest BCUT2D eigenvalue weighted by molar-refractivity contribution is 0.327. The summed E-state index contributed by atoms with van der Waals surface area (Å²) in [5, 5.41) is 6.85. The van der Waals surface area contributed by atoms with Gasteiger partial charge in [-0.05, 0) is 61.2 Å². The van der Waals surface area contributed by atoms with E-state index in [4.69, 9.17) is 14.6 Å². The van der Waals surface area contributed by atoms with Crippen molar-refractivity contribution in [3.63, 3.8) is 0 Å². The van der Waals surface area contributed by atoms with E-state index in [0.717, 1.165) is 29.5 Å². The number of nitrogens with two attached hydrogens (primary N) is 1. The van der Waals surface area contributed by atoms with E-state index in [-0.39, 0.29) is 0 Å². The van der Waals surface area contributed by atoms with Crippen LogP contribution in [0.2, 0.25) is 0 Å². The Labute approximate surface area is 165 Å². The maximum atomic E-state index is 12.7. The van der Waals surface area contributed by atoms with Crippen molar-refractivity contribution in [1.29, 1.82) is 0 Å². The lowest BCUT2D eigenvalue weighted by atomic mass is 9.86. The Kier molecular flexibility index (Phi) is 5.19. The third-order valence-corrected chi connectivity index (χ3v) is 6.53. The molecule has 0 radical (unpaired) electrons. The van der Waals surface area contributed by atoms with Crippen molar-refractivity contribution in [3.8, 4) is 17.2 Å². The topological polar surface area (TPSA) is 86.8 Å². The van der Waals surface area contributed by atoms with Crippen LogP contribution in [0.15, 0.2) is 64.0 Å². The van der Waals surface area contributed by atoms with Crippen LogP contribution in [0.4, 0.5) is 0 Å². The van der Waals surface area contributed by atoms with Gasteiger partial charge in [-0.3, -0.25) is 4.98 Å². The summed E-state index contributed by atoms with van der Waals surface area (Å²) in [6.45, 7) is 0.569. The number of benzene rings is 2. The van der Waals surface area contributed by atoms with Gasteiger partial charge in [0.2, 0.25) is 0 Å². The molecule has 2 N–H and O–H groups in total. The molecule has 1 aliphatic carbocycles. The highest BCUT2D eigenvalue weighted by atomic mass is 32.2. The van der Waals surface area contributed by atoms with Crippen LogP contribution in [0.25, 0.3) is 10.9 Å². The Morgan fingerprint density at radius 1 is 1.14 bits per heavy atom. The SMILES string of the molecule is COc1ccc2c(Oc3ccc(S(N)(=O)=NCC4CCC4)cc3)ccnc2c1. The molecule has 1 fully saturated rings. The first kappa shape index (κ1) is 18.7. The lowest BCUT2D eigenvalue weighted by Crippen LogP contribution is -2.18. The second-order valence-electron chi connectivity index (χ2n) is 6.94. The van der Waals surface area contributed by atoms with Gasteiger partial charge in [-0.1, -0.05) is 6.42 Å². The molecule has 4 rings (SSSR count). The largest absolute Gasteiger partial charge is 0.497 e. The van der Waals surface area contributed by atoms with Gasteiger partial charge < -0.3 is 9.47 Å². The summed E-state index contributed by atoms with van der Waals surface area (Å²) in [5.74, 6) is 2.58. The fourth-order valence-corrected chi connectivity index (χ4v) is 4.22. The molecular weight excluding hydrogens is 374 g/mol. The van der Waals surface area contributed by atoms with Crippen LogP contribution in [0.3, 0.4) is 0 Å². The summed E-state index contributed by atoms with van der Waals surface area (Å²) in [4.78, 5) is 4.88. The zero-order chi connectivity index (χ0) is 19.6. The molecule has 0 amide bonds. The van der Waals surface area contributed by atoms with Crippen molar-refractivity contribution in [1.82, 2.24) is 4.98 Å². The van der Waals surface area contributed by atoms with Gasteiger partial charge in [0.05, 0.1) is 24.1 Å². The molecule has 0 saturated heterocycles. The molecule has 2 aromatic carbocycles.